The van der Waals surface area contributed by atoms with Crippen molar-refractivity contribution in [3.05, 3.63) is 0 Å². The highest BCUT2D eigenvalue weighted by Gasteiger charge is 2.30. The van der Waals surface area contributed by atoms with Crippen LogP contribution in [-0.4, -0.2) is 96.7 Å². The van der Waals surface area contributed by atoms with Gasteiger partial charge in [0, 0.05) is 25.7 Å². The molecule has 0 amide bonds. The predicted molar refractivity (Wildman–Crippen MR) is 391 cm³/mol. The Morgan fingerprint density at radius 2 is 0.531 bits per heavy atom. The number of hydrogen-bond donors (Lipinski definition) is 3. The maximum atomic E-state index is 13.1. The van der Waals surface area contributed by atoms with E-state index in [9.17, 15) is 43.2 Å². The van der Waals surface area contributed by atoms with Gasteiger partial charge in [-0.15, -0.1) is 0 Å². The van der Waals surface area contributed by atoms with Crippen LogP contribution in [0.5, 0.6) is 0 Å². The molecule has 570 valence electrons. The number of hydrogen-bond acceptors (Lipinski definition) is 15. The molecule has 0 aromatic heterocycles. The second kappa shape index (κ2) is 67.5. The fraction of sp³-hybridized carbons (Fsp3) is 0.948. The van der Waals surface area contributed by atoms with E-state index in [4.69, 9.17) is 37.0 Å². The van der Waals surface area contributed by atoms with Crippen molar-refractivity contribution in [1.82, 2.24) is 0 Å². The molecule has 0 saturated carbocycles. The molecule has 0 spiro atoms. The summed E-state index contributed by atoms with van der Waals surface area (Å²) in [6, 6.07) is 0. The van der Waals surface area contributed by atoms with Crippen LogP contribution in [0.15, 0.2) is 0 Å². The molecule has 0 radical (unpaired) electrons. The normalized spacial score (nSPS) is 14.3. The lowest BCUT2D eigenvalue weighted by atomic mass is 9.99. The largest absolute Gasteiger partial charge is 0.472 e. The molecule has 0 bridgehead atoms. The van der Waals surface area contributed by atoms with Gasteiger partial charge in [0.2, 0.25) is 0 Å². The van der Waals surface area contributed by atoms with Crippen molar-refractivity contribution in [2.75, 3.05) is 39.6 Å². The summed E-state index contributed by atoms with van der Waals surface area (Å²) in [6.45, 7) is 12.0. The Kier molecular flexibility index (Phi) is 66.2. The molecule has 3 unspecified atom stereocenters. The molecule has 0 aromatic rings. The summed E-state index contributed by atoms with van der Waals surface area (Å²) in [4.78, 5) is 72.8. The third kappa shape index (κ3) is 69.2. The van der Waals surface area contributed by atoms with E-state index in [2.05, 4.69) is 48.5 Å². The molecular formula is C77H150O17P2. The van der Waals surface area contributed by atoms with Gasteiger partial charge in [-0.1, -0.05) is 344 Å². The van der Waals surface area contributed by atoms with Gasteiger partial charge in [0.15, 0.2) is 12.2 Å². The van der Waals surface area contributed by atoms with Crippen molar-refractivity contribution >= 4 is 39.5 Å². The number of rotatable bonds is 75. The Bertz CT molecular complexity index is 1870. The maximum absolute atomic E-state index is 13.1. The molecule has 96 heavy (non-hydrogen) atoms. The van der Waals surface area contributed by atoms with Gasteiger partial charge in [-0.25, -0.2) is 9.13 Å². The first-order valence-electron chi connectivity index (χ1n) is 39.9. The number of ether oxygens (including phenoxy) is 4. The summed E-state index contributed by atoms with van der Waals surface area (Å²) in [6.07, 6.45) is 54.0. The molecular weight excluding hydrogens is 1260 g/mol. The van der Waals surface area contributed by atoms with Crippen molar-refractivity contribution in [1.29, 1.82) is 0 Å². The summed E-state index contributed by atoms with van der Waals surface area (Å²) in [5.74, 6) is 0.273. The van der Waals surface area contributed by atoms with E-state index in [1.165, 1.54) is 205 Å². The second-order valence-corrected chi connectivity index (χ2v) is 31.8. The highest BCUT2D eigenvalue weighted by Crippen LogP contribution is 2.45. The van der Waals surface area contributed by atoms with E-state index < -0.39 is 97.5 Å². The van der Waals surface area contributed by atoms with Crippen LogP contribution in [0.3, 0.4) is 0 Å². The molecule has 17 nitrogen and oxygen atoms in total. The van der Waals surface area contributed by atoms with E-state index in [1.54, 1.807) is 0 Å². The summed E-state index contributed by atoms with van der Waals surface area (Å²) >= 11 is 0. The lowest BCUT2D eigenvalue weighted by molar-refractivity contribution is -0.161. The van der Waals surface area contributed by atoms with Crippen LogP contribution in [0.1, 0.15) is 395 Å². The topological polar surface area (TPSA) is 237 Å². The van der Waals surface area contributed by atoms with Gasteiger partial charge in [0.05, 0.1) is 26.4 Å². The van der Waals surface area contributed by atoms with Crippen LogP contribution in [0.4, 0.5) is 0 Å². The minimum absolute atomic E-state index is 0.106. The number of carbonyl (C=O) groups excluding carboxylic acids is 4. The predicted octanol–water partition coefficient (Wildman–Crippen LogP) is 22.6. The summed E-state index contributed by atoms with van der Waals surface area (Å²) in [5.41, 5.74) is 0. The van der Waals surface area contributed by atoms with Crippen LogP contribution < -0.4 is 0 Å². The Hall–Kier alpha value is -1.94. The quantitative estimate of drug-likeness (QED) is 0.0222. The lowest BCUT2D eigenvalue weighted by Gasteiger charge is -2.21. The Labute approximate surface area is 588 Å². The third-order valence-corrected chi connectivity index (χ3v) is 20.1. The first-order chi connectivity index (χ1) is 46.3. The SMILES string of the molecule is CCCCCCCCCCCC(=O)OC[C@H](COP(=O)(O)OC[C@H](O)COP(=O)(O)OC[C@@H](COC(=O)CCCCCCCCCCCCCCCC(C)C)OC(=O)CCCCCCCCCCCCCCCCC(C)C)OC(=O)CCCCCCCCCCCCC(C)CC. The van der Waals surface area contributed by atoms with E-state index >= 15 is 0 Å². The van der Waals surface area contributed by atoms with Crippen LogP contribution in [-0.2, 0) is 65.4 Å². The first kappa shape index (κ1) is 94.1. The molecule has 0 aliphatic heterocycles. The zero-order chi connectivity index (χ0) is 70.9. The van der Waals surface area contributed by atoms with Gasteiger partial charge in [0.25, 0.3) is 0 Å². The molecule has 0 saturated heterocycles. The summed E-state index contributed by atoms with van der Waals surface area (Å²) in [7, 11) is -9.91. The highest BCUT2D eigenvalue weighted by molar-refractivity contribution is 7.47. The molecule has 0 aliphatic rings. The zero-order valence-electron chi connectivity index (χ0n) is 62.8. The smallest absolute Gasteiger partial charge is 0.462 e. The third-order valence-electron chi connectivity index (χ3n) is 18.2. The summed E-state index contributed by atoms with van der Waals surface area (Å²) < 4.78 is 68.6. The molecule has 3 N–H and O–H groups in total. The molecule has 0 fully saturated rings. The summed E-state index contributed by atoms with van der Waals surface area (Å²) in [5, 5.41) is 10.6. The van der Waals surface area contributed by atoms with Crippen LogP contribution in [0.25, 0.3) is 0 Å². The van der Waals surface area contributed by atoms with Crippen molar-refractivity contribution < 1.29 is 80.2 Å². The van der Waals surface area contributed by atoms with Crippen molar-refractivity contribution in [2.24, 2.45) is 17.8 Å². The highest BCUT2D eigenvalue weighted by atomic mass is 31.2. The van der Waals surface area contributed by atoms with Gasteiger partial charge < -0.3 is 33.8 Å². The minimum Gasteiger partial charge on any atom is -0.462 e. The van der Waals surface area contributed by atoms with Crippen LogP contribution in [0, 0.1) is 17.8 Å². The molecule has 0 aromatic carbocycles. The average Bonchev–Trinajstić information content (AvgIpc) is 1.34. The Morgan fingerprint density at radius 1 is 0.302 bits per heavy atom. The van der Waals surface area contributed by atoms with E-state index in [0.717, 1.165) is 108 Å². The molecule has 0 heterocycles. The number of esters is 4. The Morgan fingerprint density at radius 3 is 0.792 bits per heavy atom. The maximum Gasteiger partial charge on any atom is 0.472 e. The number of carbonyl (C=O) groups is 4. The molecule has 0 aliphatic carbocycles. The number of phosphoric ester groups is 2. The van der Waals surface area contributed by atoms with Gasteiger partial charge in [-0.3, -0.25) is 37.3 Å². The zero-order valence-corrected chi connectivity index (χ0v) is 64.6. The van der Waals surface area contributed by atoms with Crippen LogP contribution >= 0.6 is 15.6 Å². The lowest BCUT2D eigenvalue weighted by Crippen LogP contribution is -2.30. The number of phosphoric acid groups is 2. The van der Waals surface area contributed by atoms with Gasteiger partial charge >= 0.3 is 39.5 Å². The van der Waals surface area contributed by atoms with Crippen molar-refractivity contribution in [2.45, 2.75) is 414 Å². The number of unbranched alkanes of at least 4 members (excludes halogenated alkanes) is 42. The Balaban J connectivity index is 5.24. The molecule has 19 heteroatoms. The monoisotopic (exact) mass is 1410 g/mol. The standard InChI is InChI=1S/C77H150O17P2/c1-8-10-11-12-13-27-37-44-51-58-74(79)87-64-72(94-77(82)61-54-47-40-33-26-25-30-36-43-50-57-70(7)9-2)66-91-95(83,84)89-62-71(78)63-90-96(85,86)92-67-73(65-88-75(80)59-52-45-38-31-23-20-16-18-22-29-35-42-49-56-69(5)6)93-76(81)60-53-46-39-32-24-19-15-14-17-21-28-34-41-48-55-68(3)4/h68-73,78H,8-67H2,1-7H3,(H,83,84)(H,85,86)/t70?,71-,72+,73+/m0/s1. The fourth-order valence-electron chi connectivity index (χ4n) is 11.7. The van der Waals surface area contributed by atoms with Gasteiger partial charge in [0.1, 0.15) is 19.3 Å². The number of aliphatic hydroxyl groups excluding tert-OH is 1. The fourth-order valence-corrected chi connectivity index (χ4v) is 13.3. The van der Waals surface area contributed by atoms with Gasteiger partial charge in [-0.05, 0) is 43.4 Å². The number of aliphatic hydroxyl groups is 1. The first-order valence-corrected chi connectivity index (χ1v) is 42.9. The molecule has 0 rings (SSSR count). The average molecular weight is 1410 g/mol. The van der Waals surface area contributed by atoms with Crippen molar-refractivity contribution in [3.63, 3.8) is 0 Å². The molecule has 6 atom stereocenters. The van der Waals surface area contributed by atoms with E-state index in [0.29, 0.717) is 25.7 Å². The van der Waals surface area contributed by atoms with Gasteiger partial charge in [-0.2, -0.15) is 0 Å². The van der Waals surface area contributed by atoms with E-state index in [1.807, 2.05) is 0 Å². The minimum atomic E-state index is -4.96. The second-order valence-electron chi connectivity index (χ2n) is 28.9. The van der Waals surface area contributed by atoms with E-state index in [-0.39, 0.29) is 25.7 Å². The van der Waals surface area contributed by atoms with Crippen molar-refractivity contribution in [3.8, 4) is 0 Å². The van der Waals surface area contributed by atoms with Crippen LogP contribution in [0.2, 0.25) is 0 Å².